The Morgan fingerprint density at radius 2 is 2.22 bits per heavy atom. The molecular weight excluding hydrogens is 370 g/mol. The number of ether oxygens (including phenoxy) is 2. The summed E-state index contributed by atoms with van der Waals surface area (Å²) in [4.78, 5) is 20.4. The van der Waals surface area contributed by atoms with Crippen molar-refractivity contribution in [1.82, 2.24) is 9.97 Å². The first kappa shape index (κ1) is 18.5. The maximum atomic E-state index is 12.3. The number of anilines is 2. The Labute approximate surface area is 160 Å². The van der Waals surface area contributed by atoms with Gasteiger partial charge in [-0.3, -0.25) is 5.32 Å². The van der Waals surface area contributed by atoms with Crippen LogP contribution in [0.5, 0.6) is 11.6 Å². The molecule has 2 amide bonds. The highest BCUT2D eigenvalue weighted by Crippen LogP contribution is 2.29. The van der Waals surface area contributed by atoms with Gasteiger partial charge in [-0.1, -0.05) is 17.7 Å². The minimum absolute atomic E-state index is 0.0445. The van der Waals surface area contributed by atoms with Gasteiger partial charge < -0.3 is 14.8 Å². The van der Waals surface area contributed by atoms with Crippen molar-refractivity contribution in [3.63, 3.8) is 0 Å². The van der Waals surface area contributed by atoms with Crippen molar-refractivity contribution in [3.8, 4) is 17.7 Å². The Balaban J connectivity index is 1.94. The van der Waals surface area contributed by atoms with Crippen LogP contribution in [0.4, 0.5) is 16.3 Å². The molecule has 2 N–H and O–H groups in total. The minimum Gasteiger partial charge on any atom is -0.484 e. The minimum atomic E-state index is -0.565. The number of nitrogens with zero attached hydrogens (tertiary/aromatic N) is 3. The molecule has 8 nitrogen and oxygen atoms in total. The van der Waals surface area contributed by atoms with E-state index in [0.29, 0.717) is 29.5 Å². The number of carbonyl (C=O) groups is 1. The number of benzene rings is 1. The number of rotatable bonds is 0. The summed E-state index contributed by atoms with van der Waals surface area (Å²) >= 11 is 6.03. The van der Waals surface area contributed by atoms with E-state index < -0.39 is 6.03 Å². The van der Waals surface area contributed by atoms with E-state index in [1.165, 1.54) is 6.20 Å². The third kappa shape index (κ3) is 4.86. The van der Waals surface area contributed by atoms with Crippen molar-refractivity contribution < 1.29 is 14.3 Å². The lowest BCUT2D eigenvalue weighted by molar-refractivity contribution is 0.260. The van der Waals surface area contributed by atoms with Crippen LogP contribution in [-0.4, -0.2) is 28.7 Å². The highest BCUT2D eigenvalue weighted by molar-refractivity contribution is 6.31. The maximum absolute atomic E-state index is 12.3. The van der Waals surface area contributed by atoms with Gasteiger partial charge in [-0.05, 0) is 37.6 Å². The fraction of sp³-hybridized carbons (Fsp3) is 0.222. The van der Waals surface area contributed by atoms with E-state index >= 15 is 0 Å². The van der Waals surface area contributed by atoms with Gasteiger partial charge in [-0.15, -0.1) is 0 Å². The molecule has 0 spiro atoms. The summed E-state index contributed by atoms with van der Waals surface area (Å²) in [5.41, 5.74) is 0.455. The summed E-state index contributed by atoms with van der Waals surface area (Å²) in [5, 5.41) is 14.8. The largest absolute Gasteiger partial charge is 0.484 e. The number of urea groups is 1. The highest BCUT2D eigenvalue weighted by atomic mass is 35.5. The number of aromatic nitrogens is 2. The second-order valence-electron chi connectivity index (χ2n) is 5.63. The zero-order valence-electron chi connectivity index (χ0n) is 14.4. The first-order valence-corrected chi connectivity index (χ1v) is 8.54. The molecule has 0 saturated heterocycles. The average molecular weight is 386 g/mol. The van der Waals surface area contributed by atoms with Crippen LogP contribution in [0.2, 0.25) is 5.02 Å². The summed E-state index contributed by atoms with van der Waals surface area (Å²) in [7, 11) is 0. The van der Waals surface area contributed by atoms with E-state index in [4.69, 9.17) is 26.3 Å². The van der Waals surface area contributed by atoms with Crippen molar-refractivity contribution in [2.75, 3.05) is 17.2 Å². The normalized spacial score (nSPS) is 18.1. The van der Waals surface area contributed by atoms with Crippen LogP contribution in [0.1, 0.15) is 19.0 Å². The van der Waals surface area contributed by atoms with E-state index in [1.54, 1.807) is 18.2 Å². The number of nitrogens with one attached hydrogen (secondary N) is 2. The predicted octanol–water partition coefficient (Wildman–Crippen LogP) is 3.75. The van der Waals surface area contributed by atoms with Crippen molar-refractivity contribution in [2.45, 2.75) is 19.4 Å². The summed E-state index contributed by atoms with van der Waals surface area (Å²) in [5.74, 6) is 0.681. The number of halogens is 1. The zero-order chi connectivity index (χ0) is 19.2. The van der Waals surface area contributed by atoms with Gasteiger partial charge in [-0.2, -0.15) is 10.2 Å². The third-order valence-corrected chi connectivity index (χ3v) is 3.76. The van der Waals surface area contributed by atoms with Gasteiger partial charge in [0.2, 0.25) is 5.69 Å². The van der Waals surface area contributed by atoms with Crippen molar-refractivity contribution in [1.29, 1.82) is 5.26 Å². The van der Waals surface area contributed by atoms with Crippen LogP contribution in [0.25, 0.3) is 0 Å². The Morgan fingerprint density at radius 3 is 3.04 bits per heavy atom. The molecule has 138 valence electrons. The van der Waals surface area contributed by atoms with Crippen molar-refractivity contribution in [3.05, 3.63) is 47.3 Å². The molecule has 0 saturated carbocycles. The number of amides is 2. The number of fused-ring (bicyclic) bond motifs is 3. The molecule has 0 fully saturated rings. The Morgan fingerprint density at radius 1 is 1.37 bits per heavy atom. The third-order valence-electron chi connectivity index (χ3n) is 3.52. The number of nitriles is 1. The van der Waals surface area contributed by atoms with E-state index in [0.717, 1.165) is 0 Å². The molecule has 1 unspecified atom stereocenters. The lowest BCUT2D eigenvalue weighted by Crippen LogP contribution is -2.21. The summed E-state index contributed by atoms with van der Waals surface area (Å²) in [6, 6.07) is 6.29. The highest BCUT2D eigenvalue weighted by Gasteiger charge is 2.14. The molecule has 2 heterocycles. The van der Waals surface area contributed by atoms with Gasteiger partial charge >= 0.3 is 6.03 Å². The zero-order valence-corrected chi connectivity index (χ0v) is 15.2. The van der Waals surface area contributed by atoms with Gasteiger partial charge in [0.15, 0.2) is 5.82 Å². The molecular formula is C18H16ClN5O3. The van der Waals surface area contributed by atoms with E-state index in [9.17, 15) is 4.79 Å². The number of hydrogen-bond acceptors (Lipinski definition) is 6. The molecule has 2 aromatic rings. The lowest BCUT2D eigenvalue weighted by atomic mass is 10.2. The first-order chi connectivity index (χ1) is 13.0. The van der Waals surface area contributed by atoms with Crippen LogP contribution in [0.3, 0.4) is 0 Å². The second kappa shape index (κ2) is 8.38. The SMILES string of the molecule is CC1/C=C\CCOc2nc(cnc2C#N)NC(=O)Nc2cc(Cl)ccc2O1. The monoisotopic (exact) mass is 385 g/mol. The molecule has 27 heavy (non-hydrogen) atoms. The summed E-state index contributed by atoms with van der Waals surface area (Å²) in [6.45, 7) is 2.17. The van der Waals surface area contributed by atoms with Crippen molar-refractivity contribution >= 4 is 29.1 Å². The molecule has 1 aromatic carbocycles. The standard InChI is InChI=1S/C18H16ClN5O3/c1-11-4-2-3-7-26-17-14(9-20)21-10-16(23-17)24-18(25)22-13-8-12(19)5-6-15(13)27-11/h2,4-6,8,10-11H,3,7H2,1H3,(H2,22,23,24,25)/b4-2-. The Kier molecular flexibility index (Phi) is 5.74. The van der Waals surface area contributed by atoms with Gasteiger partial charge in [0.25, 0.3) is 5.88 Å². The van der Waals surface area contributed by atoms with Crippen LogP contribution in [-0.2, 0) is 0 Å². The molecule has 1 aliphatic rings. The molecule has 1 aromatic heterocycles. The molecule has 3 rings (SSSR count). The van der Waals surface area contributed by atoms with Gasteiger partial charge in [0, 0.05) is 5.02 Å². The van der Waals surface area contributed by atoms with E-state index in [-0.39, 0.29) is 23.5 Å². The molecule has 0 aliphatic carbocycles. The first-order valence-electron chi connectivity index (χ1n) is 8.16. The van der Waals surface area contributed by atoms with Crippen LogP contribution >= 0.6 is 11.6 Å². The van der Waals surface area contributed by atoms with Crippen LogP contribution in [0.15, 0.2) is 36.5 Å². The topological polar surface area (TPSA) is 109 Å². The lowest BCUT2D eigenvalue weighted by Gasteiger charge is -2.16. The average Bonchev–Trinajstić information content (AvgIpc) is 2.63. The molecule has 1 atom stereocenters. The molecule has 0 radical (unpaired) electrons. The quantitative estimate of drug-likeness (QED) is 0.668. The molecule has 9 heteroatoms. The Hall–Kier alpha value is -3.31. The van der Waals surface area contributed by atoms with Gasteiger partial charge in [0.05, 0.1) is 18.5 Å². The number of hydrogen-bond donors (Lipinski definition) is 2. The second-order valence-corrected chi connectivity index (χ2v) is 6.07. The van der Waals surface area contributed by atoms with Gasteiger partial charge in [0.1, 0.15) is 17.9 Å². The Bertz CT molecular complexity index is 926. The number of carbonyl (C=O) groups excluding carboxylic acids is 1. The van der Waals surface area contributed by atoms with Crippen molar-refractivity contribution in [2.24, 2.45) is 0 Å². The molecule has 2 bridgehead atoms. The van der Waals surface area contributed by atoms with Crippen LogP contribution < -0.4 is 20.1 Å². The van der Waals surface area contributed by atoms with E-state index in [2.05, 4.69) is 20.6 Å². The molecule has 1 aliphatic heterocycles. The van der Waals surface area contributed by atoms with Gasteiger partial charge in [-0.25, -0.2) is 9.78 Å². The smallest absolute Gasteiger partial charge is 0.325 e. The summed E-state index contributed by atoms with van der Waals surface area (Å²) < 4.78 is 11.4. The predicted molar refractivity (Wildman–Crippen MR) is 100 cm³/mol. The van der Waals surface area contributed by atoms with Crippen LogP contribution in [0, 0.1) is 11.3 Å². The fourth-order valence-electron chi connectivity index (χ4n) is 2.33. The summed E-state index contributed by atoms with van der Waals surface area (Å²) in [6.07, 6.45) is 5.40. The van der Waals surface area contributed by atoms with E-state index in [1.807, 2.05) is 25.1 Å². The fourth-order valence-corrected chi connectivity index (χ4v) is 2.51. The maximum Gasteiger partial charge on any atom is 0.325 e.